The van der Waals surface area contributed by atoms with Gasteiger partial charge in [0.2, 0.25) is 4.96 Å². The first kappa shape index (κ1) is 13.6. The van der Waals surface area contributed by atoms with E-state index in [1.54, 1.807) is 11.3 Å². The quantitative estimate of drug-likeness (QED) is 0.919. The maximum absolute atomic E-state index is 6.00. The predicted molar refractivity (Wildman–Crippen MR) is 80.6 cm³/mol. The van der Waals surface area contributed by atoms with Gasteiger partial charge in [-0.2, -0.15) is 9.61 Å². The van der Waals surface area contributed by atoms with Gasteiger partial charge in [0.1, 0.15) is 5.01 Å². The minimum Gasteiger partial charge on any atom is -0.381 e. The van der Waals surface area contributed by atoms with Crippen LogP contribution in [0.4, 0.5) is 0 Å². The second kappa shape index (κ2) is 5.62. The normalized spacial score (nSPS) is 28.2. The monoisotopic (exact) mass is 307 g/mol. The van der Waals surface area contributed by atoms with Crippen LogP contribution in [-0.4, -0.2) is 39.1 Å². The zero-order valence-corrected chi connectivity index (χ0v) is 12.9. The molecule has 114 valence electrons. The molecule has 6 nitrogen and oxygen atoms in total. The molecular formula is C14H21N5OS. The summed E-state index contributed by atoms with van der Waals surface area (Å²) in [6, 6.07) is 0.379. The molecule has 7 heteroatoms. The van der Waals surface area contributed by atoms with Crippen molar-refractivity contribution in [1.29, 1.82) is 0 Å². The molecule has 2 aromatic rings. The lowest BCUT2D eigenvalue weighted by molar-refractivity contribution is 0.0831. The molecule has 0 atom stereocenters. The second-order valence-corrected chi connectivity index (χ2v) is 7.18. The molecule has 0 aromatic carbocycles. The summed E-state index contributed by atoms with van der Waals surface area (Å²) in [5, 5.41) is 14.7. The van der Waals surface area contributed by atoms with Crippen LogP contribution >= 0.6 is 11.3 Å². The summed E-state index contributed by atoms with van der Waals surface area (Å²) in [5.41, 5.74) is 6.00. The maximum Gasteiger partial charge on any atom is 0.234 e. The summed E-state index contributed by atoms with van der Waals surface area (Å²) in [5.74, 6) is 2.01. The number of fused-ring (bicyclic) bond motifs is 1. The van der Waals surface area contributed by atoms with E-state index in [0.717, 1.165) is 62.5 Å². The number of nitrogens with zero attached hydrogens (tertiary/aromatic N) is 4. The van der Waals surface area contributed by atoms with E-state index in [1.165, 1.54) is 5.01 Å². The fourth-order valence-corrected chi connectivity index (χ4v) is 4.40. The highest BCUT2D eigenvalue weighted by Gasteiger charge is 2.27. The van der Waals surface area contributed by atoms with E-state index in [0.29, 0.717) is 17.9 Å². The zero-order valence-electron chi connectivity index (χ0n) is 12.1. The molecule has 2 aromatic heterocycles. The van der Waals surface area contributed by atoms with E-state index in [9.17, 15) is 0 Å². The lowest BCUT2D eigenvalue weighted by Crippen LogP contribution is -2.25. The minimum atomic E-state index is 0.379. The number of nitrogens with two attached hydrogens (primary N) is 1. The molecule has 0 unspecified atom stereocenters. The largest absolute Gasteiger partial charge is 0.381 e. The highest BCUT2D eigenvalue weighted by Crippen LogP contribution is 2.35. The van der Waals surface area contributed by atoms with Crippen LogP contribution in [0.2, 0.25) is 0 Å². The Hall–Kier alpha value is -1.05. The highest BCUT2D eigenvalue weighted by atomic mass is 32.1. The van der Waals surface area contributed by atoms with Crippen molar-refractivity contribution in [2.45, 2.75) is 56.4 Å². The van der Waals surface area contributed by atoms with E-state index >= 15 is 0 Å². The van der Waals surface area contributed by atoms with Crippen molar-refractivity contribution in [3.05, 3.63) is 10.8 Å². The molecule has 2 fully saturated rings. The van der Waals surface area contributed by atoms with Crippen molar-refractivity contribution in [3.8, 4) is 0 Å². The molecule has 2 N–H and O–H groups in total. The van der Waals surface area contributed by atoms with Crippen molar-refractivity contribution in [2.75, 3.05) is 13.2 Å². The van der Waals surface area contributed by atoms with Gasteiger partial charge in [0, 0.05) is 31.1 Å². The maximum atomic E-state index is 6.00. The fraction of sp³-hybridized carbons (Fsp3) is 0.786. The highest BCUT2D eigenvalue weighted by molar-refractivity contribution is 7.16. The fourth-order valence-electron chi connectivity index (χ4n) is 3.39. The van der Waals surface area contributed by atoms with Crippen LogP contribution in [0, 0.1) is 0 Å². The molecule has 3 heterocycles. The van der Waals surface area contributed by atoms with Gasteiger partial charge in [0.25, 0.3) is 0 Å². The van der Waals surface area contributed by atoms with E-state index in [2.05, 4.69) is 10.2 Å². The lowest BCUT2D eigenvalue weighted by Gasteiger charge is -2.24. The first-order chi connectivity index (χ1) is 10.3. The van der Waals surface area contributed by atoms with Crippen LogP contribution in [0.3, 0.4) is 0 Å². The molecule has 1 saturated heterocycles. The third kappa shape index (κ3) is 2.58. The Kier molecular flexibility index (Phi) is 3.64. The average Bonchev–Trinajstić information content (AvgIpc) is 3.09. The molecule has 1 saturated carbocycles. The number of hydrogen-bond donors (Lipinski definition) is 1. The van der Waals surface area contributed by atoms with Crippen LogP contribution in [0.25, 0.3) is 4.96 Å². The Balaban J connectivity index is 1.60. The number of ether oxygens (including phenoxy) is 1. The summed E-state index contributed by atoms with van der Waals surface area (Å²) in [6.07, 6.45) is 6.56. The Morgan fingerprint density at radius 1 is 1.00 bits per heavy atom. The summed E-state index contributed by atoms with van der Waals surface area (Å²) in [7, 11) is 0. The van der Waals surface area contributed by atoms with Crippen LogP contribution < -0.4 is 5.73 Å². The van der Waals surface area contributed by atoms with Crippen molar-refractivity contribution in [2.24, 2.45) is 5.73 Å². The van der Waals surface area contributed by atoms with Gasteiger partial charge in [-0.3, -0.25) is 0 Å². The summed E-state index contributed by atoms with van der Waals surface area (Å²) < 4.78 is 7.41. The van der Waals surface area contributed by atoms with Gasteiger partial charge in [-0.25, -0.2) is 0 Å². The van der Waals surface area contributed by atoms with Gasteiger partial charge >= 0.3 is 0 Å². The molecule has 21 heavy (non-hydrogen) atoms. The molecule has 0 spiro atoms. The molecule has 1 aliphatic heterocycles. The summed E-state index contributed by atoms with van der Waals surface area (Å²) in [4.78, 5) is 0.932. The van der Waals surface area contributed by atoms with Crippen LogP contribution in [-0.2, 0) is 4.74 Å². The van der Waals surface area contributed by atoms with Gasteiger partial charge in [0.05, 0.1) is 0 Å². The van der Waals surface area contributed by atoms with Crippen LogP contribution in [0.5, 0.6) is 0 Å². The third-order valence-corrected chi connectivity index (χ3v) is 5.80. The van der Waals surface area contributed by atoms with E-state index < -0.39 is 0 Å². The standard InChI is InChI=1S/C14H21N5OS/c15-11-3-1-10(2-4-11)13-18-19-12(16-17-14(19)21-13)9-5-7-20-8-6-9/h9-11H,1-8,15H2. The Labute approximate surface area is 127 Å². The van der Waals surface area contributed by atoms with Crippen molar-refractivity contribution in [3.63, 3.8) is 0 Å². The van der Waals surface area contributed by atoms with Crippen LogP contribution in [0.15, 0.2) is 0 Å². The van der Waals surface area contributed by atoms with Crippen molar-refractivity contribution < 1.29 is 4.74 Å². The number of hydrogen-bond acceptors (Lipinski definition) is 6. The Bertz CT molecular complexity index is 610. The molecule has 2 aliphatic rings. The molecular weight excluding hydrogens is 286 g/mol. The van der Waals surface area contributed by atoms with E-state index in [1.807, 2.05) is 4.52 Å². The van der Waals surface area contributed by atoms with Gasteiger partial charge in [-0.1, -0.05) is 11.3 Å². The number of rotatable bonds is 2. The summed E-state index contributed by atoms with van der Waals surface area (Å²) in [6.45, 7) is 1.63. The van der Waals surface area contributed by atoms with E-state index in [-0.39, 0.29) is 0 Å². The second-order valence-electron chi connectivity index (χ2n) is 6.19. The predicted octanol–water partition coefficient (Wildman–Crippen LogP) is 2.06. The SMILES string of the molecule is NC1CCC(c2nn3c(C4CCOCC4)nnc3s2)CC1. The van der Waals surface area contributed by atoms with Gasteiger partial charge < -0.3 is 10.5 Å². The minimum absolute atomic E-state index is 0.379. The van der Waals surface area contributed by atoms with Crippen molar-refractivity contribution in [1.82, 2.24) is 19.8 Å². The van der Waals surface area contributed by atoms with Crippen molar-refractivity contribution >= 4 is 16.3 Å². The van der Waals surface area contributed by atoms with E-state index in [4.69, 9.17) is 15.6 Å². The van der Waals surface area contributed by atoms with Gasteiger partial charge in [-0.05, 0) is 38.5 Å². The van der Waals surface area contributed by atoms with Crippen LogP contribution in [0.1, 0.15) is 61.2 Å². The smallest absolute Gasteiger partial charge is 0.234 e. The Morgan fingerprint density at radius 2 is 1.76 bits per heavy atom. The number of aromatic nitrogens is 4. The molecule has 0 bridgehead atoms. The topological polar surface area (TPSA) is 78.3 Å². The first-order valence-corrected chi connectivity index (χ1v) is 8.68. The molecule has 0 amide bonds. The van der Waals surface area contributed by atoms with Gasteiger partial charge in [0.15, 0.2) is 5.82 Å². The third-order valence-electron chi connectivity index (χ3n) is 4.74. The first-order valence-electron chi connectivity index (χ1n) is 7.86. The molecule has 1 aliphatic carbocycles. The molecule has 0 radical (unpaired) electrons. The molecule has 4 rings (SSSR count). The van der Waals surface area contributed by atoms with Gasteiger partial charge in [-0.15, -0.1) is 10.2 Å². The average molecular weight is 307 g/mol. The summed E-state index contributed by atoms with van der Waals surface area (Å²) >= 11 is 1.70. The lowest BCUT2D eigenvalue weighted by atomic mass is 9.87. The zero-order chi connectivity index (χ0) is 14.2. The Morgan fingerprint density at radius 3 is 2.52 bits per heavy atom.